The van der Waals surface area contributed by atoms with Crippen molar-refractivity contribution < 1.29 is 0 Å². The highest BCUT2D eigenvalue weighted by Gasteiger charge is 1.85. The van der Waals surface area contributed by atoms with Gasteiger partial charge in [0, 0.05) is 5.08 Å². The van der Waals surface area contributed by atoms with Crippen LogP contribution in [0.2, 0.25) is 0 Å². The van der Waals surface area contributed by atoms with Crippen molar-refractivity contribution in [1.29, 1.82) is 0 Å². The second-order valence-electron chi connectivity index (χ2n) is 2.38. The van der Waals surface area contributed by atoms with Crippen LogP contribution in [0.3, 0.4) is 0 Å². The lowest BCUT2D eigenvalue weighted by atomic mass is 10.2. The zero-order valence-corrected chi connectivity index (χ0v) is 8.70. The Hall–Kier alpha value is -0.340. The van der Waals surface area contributed by atoms with Gasteiger partial charge in [-0.2, -0.15) is 0 Å². The Morgan fingerprint density at radius 2 is 1.58 bits per heavy atom. The zero-order chi connectivity index (χ0) is 8.65. The summed E-state index contributed by atoms with van der Waals surface area (Å²) in [7, 11) is 0. The van der Waals surface area contributed by atoms with Gasteiger partial charge in [-0.15, -0.1) is 23.5 Å². The summed E-state index contributed by atoms with van der Waals surface area (Å²) in [5.74, 6) is 0. The van der Waals surface area contributed by atoms with E-state index < -0.39 is 0 Å². The van der Waals surface area contributed by atoms with Crippen LogP contribution in [-0.4, -0.2) is 5.08 Å². The van der Waals surface area contributed by atoms with Gasteiger partial charge in [-0.3, -0.25) is 0 Å². The third kappa shape index (κ3) is 4.52. The topological polar surface area (TPSA) is 0 Å². The van der Waals surface area contributed by atoms with Crippen molar-refractivity contribution >= 4 is 23.5 Å². The number of hydrogen-bond donors (Lipinski definition) is 0. The highest BCUT2D eigenvalue weighted by atomic mass is 32.2. The minimum Gasteiger partial charge on any atom is -0.122 e. The van der Waals surface area contributed by atoms with E-state index in [2.05, 4.69) is 29.9 Å². The van der Waals surface area contributed by atoms with Gasteiger partial charge >= 0.3 is 0 Å². The first-order chi connectivity index (χ1) is 5.89. The molecule has 0 aromatic heterocycles. The summed E-state index contributed by atoms with van der Waals surface area (Å²) in [5, 5.41) is 5.45. The third-order valence-electron chi connectivity index (χ3n) is 1.32. The largest absolute Gasteiger partial charge is 0.122 e. The Kier molecular flexibility index (Phi) is 5.04. The summed E-state index contributed by atoms with van der Waals surface area (Å²) < 4.78 is 0. The molecule has 0 saturated carbocycles. The molecule has 2 heteroatoms. The number of benzene rings is 1. The minimum absolute atomic E-state index is 1.22. The number of rotatable bonds is 0. The van der Waals surface area contributed by atoms with Crippen molar-refractivity contribution in [2.24, 2.45) is 0 Å². The maximum absolute atomic E-state index is 2.12. The maximum Gasteiger partial charge on any atom is 0.0475 e. The molecule has 1 heterocycles. The van der Waals surface area contributed by atoms with E-state index in [1.54, 1.807) is 0 Å². The summed E-state index contributed by atoms with van der Waals surface area (Å²) in [4.78, 5) is 0. The highest BCUT2D eigenvalue weighted by Crippen LogP contribution is 2.22. The predicted molar refractivity (Wildman–Crippen MR) is 60.4 cm³/mol. The van der Waals surface area contributed by atoms with Crippen LogP contribution in [0.1, 0.15) is 5.56 Å². The molecule has 64 valence electrons. The first kappa shape index (κ1) is 9.75. The molecule has 1 aromatic carbocycles. The van der Waals surface area contributed by atoms with Crippen LogP contribution in [0, 0.1) is 6.92 Å². The average Bonchev–Trinajstić information content (AvgIpc) is 2.62. The van der Waals surface area contributed by atoms with E-state index in [-0.39, 0.29) is 0 Å². The van der Waals surface area contributed by atoms with Crippen molar-refractivity contribution in [2.75, 3.05) is 5.08 Å². The van der Waals surface area contributed by atoms with Crippen LogP contribution in [0.4, 0.5) is 0 Å². The molecule has 0 bridgehead atoms. The van der Waals surface area contributed by atoms with Gasteiger partial charge in [0.2, 0.25) is 0 Å². The summed E-state index contributed by atoms with van der Waals surface area (Å²) in [6.45, 7) is 2.08. The van der Waals surface area contributed by atoms with E-state index >= 15 is 0 Å². The smallest absolute Gasteiger partial charge is 0.0475 e. The van der Waals surface area contributed by atoms with Gasteiger partial charge in [-0.25, -0.2) is 0 Å². The van der Waals surface area contributed by atoms with Crippen LogP contribution >= 0.6 is 23.5 Å². The van der Waals surface area contributed by atoms with Crippen LogP contribution in [0.5, 0.6) is 0 Å². The van der Waals surface area contributed by atoms with Crippen LogP contribution < -0.4 is 0 Å². The van der Waals surface area contributed by atoms with Crippen LogP contribution in [0.15, 0.2) is 41.1 Å². The molecule has 1 aromatic rings. The van der Waals surface area contributed by atoms with Gasteiger partial charge in [0.05, 0.1) is 0 Å². The Labute approximate surface area is 82.4 Å². The van der Waals surface area contributed by atoms with Crippen LogP contribution in [-0.2, 0) is 0 Å². The fraction of sp³-hybridized carbons (Fsp3) is 0.200. The quantitative estimate of drug-likeness (QED) is 0.617. The van der Waals surface area contributed by atoms with Crippen molar-refractivity contribution in [2.45, 2.75) is 6.92 Å². The molecule has 0 N–H and O–H groups in total. The van der Waals surface area contributed by atoms with E-state index in [1.165, 1.54) is 10.6 Å². The molecule has 0 fully saturated rings. The first-order valence-electron chi connectivity index (χ1n) is 3.79. The lowest BCUT2D eigenvalue weighted by molar-refractivity contribution is 1.48. The molecule has 0 amide bonds. The highest BCUT2D eigenvalue weighted by molar-refractivity contribution is 8.21. The fourth-order valence-corrected chi connectivity index (χ4v) is 2.30. The lowest BCUT2D eigenvalue weighted by Gasteiger charge is -1.82. The summed E-state index contributed by atoms with van der Waals surface area (Å²) in [6.07, 6.45) is 0. The lowest BCUT2D eigenvalue weighted by Crippen LogP contribution is -1.62. The average molecular weight is 196 g/mol. The standard InChI is InChI=1S/C7H8.C3H4S2/c1-7-5-3-2-4-6-7;1-2-5-3-4-1/h2-6H,1H3;1-2H,3H2. The van der Waals surface area contributed by atoms with Crippen molar-refractivity contribution in [3.63, 3.8) is 0 Å². The molecular weight excluding hydrogens is 184 g/mol. The van der Waals surface area contributed by atoms with Crippen molar-refractivity contribution in [1.82, 2.24) is 0 Å². The first-order valence-corrected chi connectivity index (χ1v) is 5.89. The van der Waals surface area contributed by atoms with Gasteiger partial charge in [-0.1, -0.05) is 35.9 Å². The normalized spacial score (nSPS) is 13.8. The molecule has 1 aliphatic rings. The minimum atomic E-state index is 1.22. The van der Waals surface area contributed by atoms with Crippen molar-refractivity contribution in [3.8, 4) is 0 Å². The van der Waals surface area contributed by atoms with Crippen molar-refractivity contribution in [3.05, 3.63) is 46.7 Å². The van der Waals surface area contributed by atoms with E-state index in [1.807, 2.05) is 41.7 Å². The molecule has 0 saturated heterocycles. The predicted octanol–water partition coefficient (Wildman–Crippen LogP) is 3.89. The van der Waals surface area contributed by atoms with E-state index in [4.69, 9.17) is 0 Å². The Balaban J connectivity index is 0.000000127. The number of hydrogen-bond acceptors (Lipinski definition) is 2. The van der Waals surface area contributed by atoms with E-state index in [0.29, 0.717) is 0 Å². The second-order valence-corrected chi connectivity index (χ2v) is 4.53. The molecular formula is C10H12S2. The number of thioether (sulfide) groups is 2. The molecule has 0 aliphatic carbocycles. The molecule has 0 unspecified atom stereocenters. The Bertz CT molecular complexity index is 223. The molecule has 0 spiro atoms. The summed E-state index contributed by atoms with van der Waals surface area (Å²) >= 11 is 3.71. The summed E-state index contributed by atoms with van der Waals surface area (Å²) in [5.41, 5.74) is 1.32. The Morgan fingerprint density at radius 1 is 1.00 bits per heavy atom. The maximum atomic E-state index is 2.12. The molecule has 2 rings (SSSR count). The van der Waals surface area contributed by atoms with E-state index in [0.717, 1.165) is 0 Å². The zero-order valence-electron chi connectivity index (χ0n) is 7.07. The summed E-state index contributed by atoms with van der Waals surface area (Å²) in [6, 6.07) is 10.3. The van der Waals surface area contributed by atoms with Gasteiger partial charge in [0.15, 0.2) is 0 Å². The van der Waals surface area contributed by atoms with Gasteiger partial charge in [0.25, 0.3) is 0 Å². The van der Waals surface area contributed by atoms with Crippen LogP contribution in [0.25, 0.3) is 0 Å². The molecule has 1 aliphatic heterocycles. The van der Waals surface area contributed by atoms with Gasteiger partial charge < -0.3 is 0 Å². The monoisotopic (exact) mass is 196 g/mol. The fourth-order valence-electron chi connectivity index (χ4n) is 0.731. The third-order valence-corrected chi connectivity index (χ3v) is 3.24. The molecule has 12 heavy (non-hydrogen) atoms. The van der Waals surface area contributed by atoms with Gasteiger partial charge in [0.1, 0.15) is 0 Å². The SMILES string of the molecule is C1=CSCS1.Cc1ccccc1. The molecule has 0 atom stereocenters. The Morgan fingerprint density at radius 3 is 1.83 bits per heavy atom. The van der Waals surface area contributed by atoms with E-state index in [9.17, 15) is 0 Å². The number of aryl methyl sites for hydroxylation is 1. The second kappa shape index (κ2) is 6.21. The van der Waals surface area contributed by atoms with Gasteiger partial charge in [-0.05, 0) is 17.7 Å². The molecule has 0 radical (unpaired) electrons. The molecule has 0 nitrogen and oxygen atoms in total.